The Morgan fingerprint density at radius 2 is 2.05 bits per heavy atom. The molecule has 0 radical (unpaired) electrons. The summed E-state index contributed by atoms with van der Waals surface area (Å²) in [5.74, 6) is 0.787. The lowest BCUT2D eigenvalue weighted by Gasteiger charge is -2.14. The fraction of sp³-hybridized carbons (Fsp3) is 0.294. The van der Waals surface area contributed by atoms with Crippen molar-refractivity contribution < 1.29 is 9.84 Å². The Hall–Kier alpha value is -1.03. The summed E-state index contributed by atoms with van der Waals surface area (Å²) in [4.78, 5) is 0. The van der Waals surface area contributed by atoms with Gasteiger partial charge in [-0.25, -0.2) is 0 Å². The zero-order valence-electron chi connectivity index (χ0n) is 11.9. The second-order valence-electron chi connectivity index (χ2n) is 4.88. The maximum atomic E-state index is 10.4. The van der Waals surface area contributed by atoms with Gasteiger partial charge in [0.1, 0.15) is 5.75 Å². The van der Waals surface area contributed by atoms with E-state index in [1.807, 2.05) is 42.5 Å². The standard InChI is InChI=1S/C17H18BrClO2/c1-2-8-21-15-5-3-4-13(9-15)17(20)10-12-6-7-14(18)11-16(12)19/h3-7,9,11,17,20H,2,8,10H2,1H3. The highest BCUT2D eigenvalue weighted by Crippen LogP contribution is 2.27. The second-order valence-corrected chi connectivity index (χ2v) is 6.20. The van der Waals surface area contributed by atoms with Crippen LogP contribution in [0.1, 0.15) is 30.6 Å². The molecule has 2 rings (SSSR count). The zero-order valence-corrected chi connectivity index (χ0v) is 14.2. The quantitative estimate of drug-likeness (QED) is 0.761. The number of hydrogen-bond acceptors (Lipinski definition) is 2. The molecule has 0 aromatic heterocycles. The van der Waals surface area contributed by atoms with Gasteiger partial charge in [-0.1, -0.05) is 52.7 Å². The minimum Gasteiger partial charge on any atom is -0.494 e. The van der Waals surface area contributed by atoms with Crippen molar-refractivity contribution in [3.8, 4) is 5.75 Å². The van der Waals surface area contributed by atoms with Crippen molar-refractivity contribution in [2.75, 3.05) is 6.61 Å². The Kier molecular flexibility index (Phi) is 6.09. The van der Waals surface area contributed by atoms with Crippen LogP contribution in [-0.2, 0) is 6.42 Å². The van der Waals surface area contributed by atoms with Crippen molar-refractivity contribution in [3.05, 3.63) is 63.1 Å². The Morgan fingerprint density at radius 3 is 2.76 bits per heavy atom. The van der Waals surface area contributed by atoms with Crippen LogP contribution in [0.5, 0.6) is 5.75 Å². The van der Waals surface area contributed by atoms with Gasteiger partial charge >= 0.3 is 0 Å². The zero-order chi connectivity index (χ0) is 15.2. The summed E-state index contributed by atoms with van der Waals surface area (Å²) in [7, 11) is 0. The molecule has 0 amide bonds. The number of rotatable bonds is 6. The van der Waals surface area contributed by atoms with Gasteiger partial charge in [-0.3, -0.25) is 0 Å². The summed E-state index contributed by atoms with van der Waals surface area (Å²) in [5.41, 5.74) is 1.76. The molecule has 112 valence electrons. The first-order chi connectivity index (χ1) is 10.1. The normalized spacial score (nSPS) is 12.2. The summed E-state index contributed by atoms with van der Waals surface area (Å²) in [6.45, 7) is 2.74. The smallest absolute Gasteiger partial charge is 0.119 e. The molecule has 2 aromatic rings. The molecule has 0 aliphatic rings. The maximum absolute atomic E-state index is 10.4. The van der Waals surface area contributed by atoms with Crippen LogP contribution in [0.15, 0.2) is 46.9 Å². The third-order valence-electron chi connectivity index (χ3n) is 3.14. The molecule has 0 spiro atoms. The SMILES string of the molecule is CCCOc1cccc(C(O)Cc2ccc(Br)cc2Cl)c1. The van der Waals surface area contributed by atoms with Gasteiger partial charge in [0.05, 0.1) is 12.7 Å². The van der Waals surface area contributed by atoms with E-state index in [2.05, 4.69) is 22.9 Å². The van der Waals surface area contributed by atoms with Crippen LogP contribution in [0.2, 0.25) is 5.02 Å². The van der Waals surface area contributed by atoms with Crippen molar-refractivity contribution in [3.63, 3.8) is 0 Å². The number of ether oxygens (including phenoxy) is 1. The van der Waals surface area contributed by atoms with Crippen molar-refractivity contribution in [2.45, 2.75) is 25.9 Å². The minimum atomic E-state index is -0.603. The summed E-state index contributed by atoms with van der Waals surface area (Å²) < 4.78 is 6.52. The first-order valence-corrected chi connectivity index (χ1v) is 8.12. The Morgan fingerprint density at radius 1 is 1.24 bits per heavy atom. The maximum Gasteiger partial charge on any atom is 0.119 e. The highest BCUT2D eigenvalue weighted by atomic mass is 79.9. The number of aliphatic hydroxyl groups excluding tert-OH is 1. The van der Waals surface area contributed by atoms with Gasteiger partial charge in [-0.05, 0) is 41.8 Å². The highest BCUT2D eigenvalue weighted by molar-refractivity contribution is 9.10. The van der Waals surface area contributed by atoms with E-state index in [0.29, 0.717) is 18.1 Å². The molecular formula is C17H18BrClO2. The fourth-order valence-corrected chi connectivity index (χ4v) is 2.80. The molecule has 21 heavy (non-hydrogen) atoms. The molecule has 0 heterocycles. The molecular weight excluding hydrogens is 352 g/mol. The van der Waals surface area contributed by atoms with E-state index in [4.69, 9.17) is 16.3 Å². The Labute approximate surface area is 138 Å². The van der Waals surface area contributed by atoms with Gasteiger partial charge in [0.15, 0.2) is 0 Å². The largest absolute Gasteiger partial charge is 0.494 e. The van der Waals surface area contributed by atoms with Gasteiger partial charge in [0.25, 0.3) is 0 Å². The van der Waals surface area contributed by atoms with E-state index < -0.39 is 6.10 Å². The van der Waals surface area contributed by atoms with Crippen LogP contribution in [0, 0.1) is 0 Å². The van der Waals surface area contributed by atoms with Crippen molar-refractivity contribution in [2.24, 2.45) is 0 Å². The number of aliphatic hydroxyl groups is 1. The topological polar surface area (TPSA) is 29.5 Å². The Balaban J connectivity index is 2.10. The van der Waals surface area contributed by atoms with E-state index >= 15 is 0 Å². The average Bonchev–Trinajstić information content (AvgIpc) is 2.48. The van der Waals surface area contributed by atoms with Gasteiger partial charge in [0.2, 0.25) is 0 Å². The number of halogens is 2. The monoisotopic (exact) mass is 368 g/mol. The van der Waals surface area contributed by atoms with Crippen LogP contribution in [0.4, 0.5) is 0 Å². The molecule has 1 unspecified atom stereocenters. The third-order valence-corrected chi connectivity index (χ3v) is 3.99. The molecule has 0 aliphatic carbocycles. The van der Waals surface area contributed by atoms with Crippen LogP contribution in [-0.4, -0.2) is 11.7 Å². The van der Waals surface area contributed by atoms with Gasteiger partial charge in [0, 0.05) is 15.9 Å². The molecule has 0 fully saturated rings. The molecule has 1 N–H and O–H groups in total. The van der Waals surface area contributed by atoms with Crippen molar-refractivity contribution in [1.82, 2.24) is 0 Å². The fourth-order valence-electron chi connectivity index (χ4n) is 2.04. The van der Waals surface area contributed by atoms with Gasteiger partial charge in [-0.15, -0.1) is 0 Å². The summed E-state index contributed by atoms with van der Waals surface area (Å²) >= 11 is 9.57. The lowest BCUT2D eigenvalue weighted by molar-refractivity contribution is 0.178. The third kappa shape index (κ3) is 4.73. The molecule has 1 atom stereocenters. The lowest BCUT2D eigenvalue weighted by atomic mass is 10.0. The summed E-state index contributed by atoms with van der Waals surface area (Å²) in [5, 5.41) is 11.0. The van der Waals surface area contributed by atoms with Gasteiger partial charge < -0.3 is 9.84 Å². The van der Waals surface area contributed by atoms with Crippen LogP contribution in [0.3, 0.4) is 0 Å². The van der Waals surface area contributed by atoms with Crippen molar-refractivity contribution in [1.29, 1.82) is 0 Å². The molecule has 4 heteroatoms. The summed E-state index contributed by atoms with van der Waals surface area (Å²) in [6.07, 6.45) is 0.832. The Bertz CT molecular complexity index is 601. The molecule has 2 nitrogen and oxygen atoms in total. The average molecular weight is 370 g/mol. The van der Waals surface area contributed by atoms with E-state index in [1.165, 1.54) is 0 Å². The molecule has 0 bridgehead atoms. The predicted molar refractivity (Wildman–Crippen MR) is 90.0 cm³/mol. The predicted octanol–water partition coefficient (Wildman–Crippen LogP) is 5.17. The van der Waals surface area contributed by atoms with E-state index in [-0.39, 0.29) is 0 Å². The number of hydrogen-bond donors (Lipinski definition) is 1. The van der Waals surface area contributed by atoms with Crippen LogP contribution < -0.4 is 4.74 Å². The lowest BCUT2D eigenvalue weighted by Crippen LogP contribution is -2.03. The van der Waals surface area contributed by atoms with Gasteiger partial charge in [-0.2, -0.15) is 0 Å². The number of benzene rings is 2. The molecule has 0 aliphatic heterocycles. The summed E-state index contributed by atoms with van der Waals surface area (Å²) in [6, 6.07) is 13.3. The minimum absolute atomic E-state index is 0.476. The van der Waals surface area contributed by atoms with E-state index in [1.54, 1.807) is 0 Å². The first-order valence-electron chi connectivity index (χ1n) is 6.95. The van der Waals surface area contributed by atoms with Crippen LogP contribution in [0.25, 0.3) is 0 Å². The van der Waals surface area contributed by atoms with E-state index in [9.17, 15) is 5.11 Å². The molecule has 2 aromatic carbocycles. The second kappa shape index (κ2) is 7.83. The molecule has 0 saturated carbocycles. The molecule has 0 saturated heterocycles. The van der Waals surface area contributed by atoms with E-state index in [0.717, 1.165) is 27.8 Å². The van der Waals surface area contributed by atoms with Crippen molar-refractivity contribution >= 4 is 27.5 Å². The van der Waals surface area contributed by atoms with Crippen LogP contribution >= 0.6 is 27.5 Å². The highest BCUT2D eigenvalue weighted by Gasteiger charge is 2.12. The first kappa shape index (κ1) is 16.3.